The molecule has 0 aliphatic carbocycles. The van der Waals surface area contributed by atoms with Gasteiger partial charge in [-0.3, -0.25) is 4.68 Å². The van der Waals surface area contributed by atoms with E-state index in [1.807, 2.05) is 0 Å². The molecule has 1 aromatic carbocycles. The van der Waals surface area contributed by atoms with Gasteiger partial charge in [0.2, 0.25) is 0 Å². The van der Waals surface area contributed by atoms with Crippen LogP contribution in [-0.4, -0.2) is 20.9 Å². The molecule has 1 heterocycles. The van der Waals surface area contributed by atoms with Gasteiger partial charge in [-0.2, -0.15) is 5.10 Å². The zero-order valence-electron chi connectivity index (χ0n) is 8.55. The van der Waals surface area contributed by atoms with E-state index in [1.54, 1.807) is 6.07 Å². The van der Waals surface area contributed by atoms with Crippen LogP contribution in [-0.2, 0) is 4.79 Å². The van der Waals surface area contributed by atoms with E-state index in [0.717, 1.165) is 16.8 Å². The molecule has 0 amide bonds. The van der Waals surface area contributed by atoms with Crippen LogP contribution in [0.15, 0.2) is 36.7 Å². The van der Waals surface area contributed by atoms with Gasteiger partial charge in [-0.05, 0) is 23.8 Å². The molecule has 0 spiro atoms. The molecule has 0 saturated carbocycles. The van der Waals surface area contributed by atoms with Gasteiger partial charge in [-0.15, -0.1) is 0 Å². The average Bonchev–Trinajstić information content (AvgIpc) is 2.76. The van der Waals surface area contributed by atoms with Crippen LogP contribution >= 0.6 is 0 Å². The van der Waals surface area contributed by atoms with Crippen molar-refractivity contribution in [3.05, 3.63) is 53.9 Å². The number of halogens is 2. The maximum Gasteiger partial charge on any atom is 0.333 e. The van der Waals surface area contributed by atoms with Gasteiger partial charge in [0.25, 0.3) is 0 Å². The van der Waals surface area contributed by atoms with Crippen molar-refractivity contribution in [2.45, 2.75) is 6.04 Å². The average molecular weight is 238 g/mol. The zero-order valence-corrected chi connectivity index (χ0v) is 8.55. The van der Waals surface area contributed by atoms with Gasteiger partial charge < -0.3 is 5.11 Å². The van der Waals surface area contributed by atoms with Gasteiger partial charge in [0.15, 0.2) is 17.7 Å². The predicted octanol–water partition coefficient (Wildman–Crippen LogP) is 1.84. The number of carboxylic acids is 1. The van der Waals surface area contributed by atoms with Gasteiger partial charge >= 0.3 is 5.97 Å². The molecule has 1 aromatic heterocycles. The van der Waals surface area contributed by atoms with Gasteiger partial charge in [-0.25, -0.2) is 13.6 Å². The standard InChI is InChI=1S/C11H8F2N2O2/c12-8-3-2-7(6-9(8)13)10(11(16)17)15-5-1-4-14-15/h1-6,10H,(H,16,17). The SMILES string of the molecule is O=C(O)C(c1ccc(F)c(F)c1)n1cccn1. The highest BCUT2D eigenvalue weighted by Crippen LogP contribution is 2.20. The van der Waals surface area contributed by atoms with Gasteiger partial charge in [-0.1, -0.05) is 6.07 Å². The maximum atomic E-state index is 13.0. The first-order chi connectivity index (χ1) is 8.09. The van der Waals surface area contributed by atoms with Crippen LogP contribution in [0.3, 0.4) is 0 Å². The lowest BCUT2D eigenvalue weighted by Gasteiger charge is -2.13. The highest BCUT2D eigenvalue weighted by Gasteiger charge is 2.23. The number of carboxylic acid groups (broad SMARTS) is 1. The smallest absolute Gasteiger partial charge is 0.333 e. The fraction of sp³-hybridized carbons (Fsp3) is 0.0909. The number of benzene rings is 1. The Labute approximate surface area is 95.1 Å². The first kappa shape index (κ1) is 11.3. The molecule has 0 radical (unpaired) electrons. The van der Waals surface area contributed by atoms with E-state index in [9.17, 15) is 13.6 Å². The highest BCUT2D eigenvalue weighted by atomic mass is 19.2. The third kappa shape index (κ3) is 2.15. The van der Waals surface area contributed by atoms with Crippen LogP contribution in [0.25, 0.3) is 0 Å². The van der Waals surface area contributed by atoms with Crippen LogP contribution in [0, 0.1) is 11.6 Å². The molecule has 1 unspecified atom stereocenters. The van der Waals surface area contributed by atoms with Crippen LogP contribution in [0.1, 0.15) is 11.6 Å². The van der Waals surface area contributed by atoms with E-state index in [2.05, 4.69) is 5.10 Å². The molecule has 1 atom stereocenters. The third-order valence-electron chi connectivity index (χ3n) is 2.28. The van der Waals surface area contributed by atoms with Crippen LogP contribution in [0.4, 0.5) is 8.78 Å². The van der Waals surface area contributed by atoms with Crippen LogP contribution in [0.2, 0.25) is 0 Å². The summed E-state index contributed by atoms with van der Waals surface area (Å²) in [6.45, 7) is 0. The van der Waals surface area contributed by atoms with Crippen LogP contribution < -0.4 is 0 Å². The number of hydrogen-bond acceptors (Lipinski definition) is 2. The van der Waals surface area contributed by atoms with Crippen molar-refractivity contribution in [3.63, 3.8) is 0 Å². The first-order valence-corrected chi connectivity index (χ1v) is 4.76. The fourth-order valence-corrected chi connectivity index (χ4v) is 1.52. The lowest BCUT2D eigenvalue weighted by molar-refractivity contribution is -0.139. The summed E-state index contributed by atoms with van der Waals surface area (Å²) in [6, 6.07) is 3.36. The molecule has 0 aliphatic rings. The molecule has 2 rings (SSSR count). The highest BCUT2D eigenvalue weighted by molar-refractivity contribution is 5.75. The van der Waals surface area contributed by atoms with E-state index < -0.39 is 23.6 Å². The van der Waals surface area contributed by atoms with Crippen molar-refractivity contribution in [2.24, 2.45) is 0 Å². The predicted molar refractivity (Wildman–Crippen MR) is 54.4 cm³/mol. The molecule has 0 saturated heterocycles. The number of rotatable bonds is 3. The summed E-state index contributed by atoms with van der Waals surface area (Å²) in [5, 5.41) is 12.9. The molecule has 1 N–H and O–H groups in total. The second-order valence-corrected chi connectivity index (χ2v) is 3.40. The second-order valence-electron chi connectivity index (χ2n) is 3.40. The number of aromatic nitrogens is 2. The first-order valence-electron chi connectivity index (χ1n) is 4.76. The van der Waals surface area contributed by atoms with Crippen molar-refractivity contribution < 1.29 is 18.7 Å². The Balaban J connectivity index is 2.47. The van der Waals surface area contributed by atoms with E-state index >= 15 is 0 Å². The summed E-state index contributed by atoms with van der Waals surface area (Å²) >= 11 is 0. The van der Waals surface area contributed by atoms with Crippen molar-refractivity contribution in [1.29, 1.82) is 0 Å². The third-order valence-corrected chi connectivity index (χ3v) is 2.28. The van der Waals surface area contributed by atoms with E-state index in [1.165, 1.54) is 18.5 Å². The quantitative estimate of drug-likeness (QED) is 0.887. The summed E-state index contributed by atoms with van der Waals surface area (Å²) in [6.07, 6.45) is 2.86. The minimum Gasteiger partial charge on any atom is -0.479 e. The van der Waals surface area contributed by atoms with E-state index in [4.69, 9.17) is 5.11 Å². The Hall–Kier alpha value is -2.24. The minimum absolute atomic E-state index is 0.125. The Morgan fingerprint density at radius 3 is 2.65 bits per heavy atom. The Bertz CT molecular complexity index is 540. The summed E-state index contributed by atoms with van der Waals surface area (Å²) in [5.41, 5.74) is 0.125. The number of hydrogen-bond donors (Lipinski definition) is 1. The lowest BCUT2D eigenvalue weighted by Crippen LogP contribution is -2.21. The number of aliphatic carboxylic acids is 1. The molecular formula is C11H8F2N2O2. The minimum atomic E-state index is -1.19. The van der Waals surface area contributed by atoms with Gasteiger partial charge in [0.1, 0.15) is 0 Å². The number of nitrogens with zero attached hydrogens (tertiary/aromatic N) is 2. The fourth-order valence-electron chi connectivity index (χ4n) is 1.52. The van der Waals surface area contributed by atoms with Gasteiger partial charge in [0, 0.05) is 12.4 Å². The molecule has 17 heavy (non-hydrogen) atoms. The molecule has 2 aromatic rings. The molecule has 4 nitrogen and oxygen atoms in total. The second kappa shape index (κ2) is 4.32. The molecule has 0 fully saturated rings. The Morgan fingerprint density at radius 1 is 1.35 bits per heavy atom. The molecule has 88 valence electrons. The summed E-state index contributed by atoms with van der Waals surface area (Å²) in [5.74, 6) is -3.29. The van der Waals surface area contributed by atoms with E-state index in [-0.39, 0.29) is 5.56 Å². The molecular weight excluding hydrogens is 230 g/mol. The Kier molecular flexibility index (Phi) is 2.86. The zero-order chi connectivity index (χ0) is 12.4. The summed E-state index contributed by atoms with van der Waals surface area (Å²) in [7, 11) is 0. The van der Waals surface area contributed by atoms with Crippen molar-refractivity contribution >= 4 is 5.97 Å². The largest absolute Gasteiger partial charge is 0.479 e. The van der Waals surface area contributed by atoms with Crippen LogP contribution in [0.5, 0.6) is 0 Å². The summed E-state index contributed by atoms with van der Waals surface area (Å²) < 4.78 is 27.0. The molecule has 6 heteroatoms. The summed E-state index contributed by atoms with van der Waals surface area (Å²) in [4.78, 5) is 11.1. The van der Waals surface area contributed by atoms with Crippen molar-refractivity contribution in [2.75, 3.05) is 0 Å². The van der Waals surface area contributed by atoms with E-state index in [0.29, 0.717) is 0 Å². The lowest BCUT2D eigenvalue weighted by atomic mass is 10.1. The van der Waals surface area contributed by atoms with Gasteiger partial charge in [0.05, 0.1) is 0 Å². The monoisotopic (exact) mass is 238 g/mol. The molecule has 0 aliphatic heterocycles. The normalized spacial score (nSPS) is 12.4. The van der Waals surface area contributed by atoms with Crippen molar-refractivity contribution in [3.8, 4) is 0 Å². The number of carbonyl (C=O) groups is 1. The maximum absolute atomic E-state index is 13.0. The Morgan fingerprint density at radius 2 is 2.12 bits per heavy atom. The topological polar surface area (TPSA) is 55.1 Å². The van der Waals surface area contributed by atoms with Crippen molar-refractivity contribution in [1.82, 2.24) is 9.78 Å². The molecule has 0 bridgehead atoms.